The monoisotopic (exact) mass is 243 g/mol. The smallest absolute Gasteiger partial charge is 0.198 e. The Bertz CT molecular complexity index is 383. The Hall–Kier alpha value is -0.930. The highest BCUT2D eigenvalue weighted by molar-refractivity contribution is 6.39. The Labute approximate surface area is 98.7 Å². The van der Waals surface area contributed by atoms with E-state index in [0.717, 1.165) is 24.7 Å². The van der Waals surface area contributed by atoms with E-state index in [-0.39, 0.29) is 0 Å². The van der Waals surface area contributed by atoms with Gasteiger partial charge in [-0.3, -0.25) is 4.99 Å². The fourth-order valence-corrected chi connectivity index (χ4v) is 2.18. The normalized spacial score (nSPS) is 14.7. The molecule has 1 aliphatic heterocycles. The van der Waals surface area contributed by atoms with Crippen LogP contribution in [-0.2, 0) is 0 Å². The van der Waals surface area contributed by atoms with Crippen molar-refractivity contribution in [2.75, 3.05) is 25.0 Å². The fourth-order valence-electron chi connectivity index (χ4n) is 1.53. The molecule has 2 rings (SSSR count). The second kappa shape index (κ2) is 4.29. The third kappa shape index (κ3) is 2.03. The van der Waals surface area contributed by atoms with Gasteiger partial charge >= 0.3 is 0 Å². The number of para-hydroxylation sites is 1. The van der Waals surface area contributed by atoms with Crippen LogP contribution in [0.25, 0.3) is 0 Å². The number of guanidine groups is 1. The Morgan fingerprint density at radius 2 is 2.00 bits per heavy atom. The molecule has 1 aliphatic rings. The zero-order chi connectivity index (χ0) is 10.8. The zero-order valence-electron chi connectivity index (χ0n) is 8.30. The maximum atomic E-state index is 6.09. The lowest BCUT2D eigenvalue weighted by Gasteiger charge is -2.21. The molecular weight excluding hydrogens is 233 g/mol. The van der Waals surface area contributed by atoms with Gasteiger partial charge in [-0.2, -0.15) is 0 Å². The molecule has 1 heterocycles. The molecule has 0 fully saturated rings. The molecule has 1 N–H and O–H groups in total. The molecule has 0 bridgehead atoms. The maximum Gasteiger partial charge on any atom is 0.198 e. The second-order valence-corrected chi connectivity index (χ2v) is 4.08. The summed E-state index contributed by atoms with van der Waals surface area (Å²) < 4.78 is 0. The van der Waals surface area contributed by atoms with Gasteiger partial charge in [-0.15, -0.1) is 0 Å². The van der Waals surface area contributed by atoms with Crippen molar-refractivity contribution in [2.24, 2.45) is 4.99 Å². The van der Waals surface area contributed by atoms with E-state index >= 15 is 0 Å². The van der Waals surface area contributed by atoms with Crippen LogP contribution in [0.15, 0.2) is 23.2 Å². The first-order valence-electron chi connectivity index (χ1n) is 4.66. The fraction of sp³-hybridized carbons (Fsp3) is 0.300. The van der Waals surface area contributed by atoms with Crippen LogP contribution in [-0.4, -0.2) is 26.1 Å². The van der Waals surface area contributed by atoms with E-state index in [2.05, 4.69) is 10.3 Å². The number of hydrogen-bond donors (Lipinski definition) is 1. The second-order valence-electron chi connectivity index (χ2n) is 3.26. The summed E-state index contributed by atoms with van der Waals surface area (Å²) in [5, 5.41) is 4.42. The molecule has 80 valence electrons. The quantitative estimate of drug-likeness (QED) is 0.821. The van der Waals surface area contributed by atoms with Gasteiger partial charge in [0.05, 0.1) is 22.3 Å². The van der Waals surface area contributed by atoms with Crippen LogP contribution in [0.3, 0.4) is 0 Å². The first-order chi connectivity index (χ1) is 7.20. The highest BCUT2D eigenvalue weighted by atomic mass is 35.5. The van der Waals surface area contributed by atoms with Gasteiger partial charge in [0.1, 0.15) is 0 Å². The molecule has 0 atom stereocenters. The van der Waals surface area contributed by atoms with E-state index in [1.165, 1.54) is 0 Å². The minimum atomic E-state index is 0.626. The zero-order valence-corrected chi connectivity index (χ0v) is 9.81. The number of rotatable bonds is 1. The first kappa shape index (κ1) is 10.6. The lowest BCUT2D eigenvalue weighted by molar-refractivity contribution is 0.951. The average molecular weight is 244 g/mol. The Morgan fingerprint density at radius 1 is 1.33 bits per heavy atom. The highest BCUT2D eigenvalue weighted by Crippen LogP contribution is 2.32. The third-order valence-electron chi connectivity index (χ3n) is 2.25. The average Bonchev–Trinajstić information content (AvgIpc) is 2.69. The molecule has 3 nitrogen and oxygen atoms in total. The summed E-state index contributed by atoms with van der Waals surface area (Å²) in [6.07, 6.45) is 0. The highest BCUT2D eigenvalue weighted by Gasteiger charge is 2.17. The molecule has 1 aromatic carbocycles. The van der Waals surface area contributed by atoms with E-state index in [9.17, 15) is 0 Å². The summed E-state index contributed by atoms with van der Waals surface area (Å²) in [5.74, 6) is 0.810. The lowest BCUT2D eigenvalue weighted by Crippen LogP contribution is -2.36. The van der Waals surface area contributed by atoms with Crippen LogP contribution in [0.5, 0.6) is 0 Å². The molecule has 1 aromatic rings. The first-order valence-corrected chi connectivity index (χ1v) is 5.42. The number of halogens is 2. The molecule has 0 aromatic heterocycles. The van der Waals surface area contributed by atoms with E-state index in [1.807, 2.05) is 30.1 Å². The predicted octanol–water partition coefficient (Wildman–Crippen LogP) is 2.39. The number of nitrogens with zero attached hydrogens (tertiary/aromatic N) is 2. The molecule has 0 aliphatic carbocycles. The van der Waals surface area contributed by atoms with Gasteiger partial charge in [0, 0.05) is 13.6 Å². The standard InChI is InChI=1S/C10H11Cl2N3/c1-15(10-13-5-6-14-10)9-7(11)3-2-4-8(9)12/h2-4H,5-6H2,1H3,(H,13,14). The van der Waals surface area contributed by atoms with Gasteiger partial charge in [0.25, 0.3) is 0 Å². The maximum absolute atomic E-state index is 6.09. The number of benzene rings is 1. The molecule has 0 saturated carbocycles. The summed E-state index contributed by atoms with van der Waals surface area (Å²) >= 11 is 12.2. The summed E-state index contributed by atoms with van der Waals surface area (Å²) in [6.45, 7) is 1.66. The lowest BCUT2D eigenvalue weighted by atomic mass is 10.3. The van der Waals surface area contributed by atoms with Gasteiger partial charge in [0.2, 0.25) is 0 Å². The van der Waals surface area contributed by atoms with Gasteiger partial charge in [0.15, 0.2) is 5.96 Å². The topological polar surface area (TPSA) is 27.6 Å². The number of anilines is 1. The molecule has 0 radical (unpaired) electrons. The number of hydrogen-bond acceptors (Lipinski definition) is 3. The molecule has 0 saturated heterocycles. The molecule has 5 heteroatoms. The third-order valence-corrected chi connectivity index (χ3v) is 2.86. The van der Waals surface area contributed by atoms with E-state index in [1.54, 1.807) is 0 Å². The summed E-state index contributed by atoms with van der Waals surface area (Å²) in [5.41, 5.74) is 0.786. The minimum absolute atomic E-state index is 0.626. The molecular formula is C10H11Cl2N3. The van der Waals surface area contributed by atoms with E-state index in [4.69, 9.17) is 23.2 Å². The van der Waals surface area contributed by atoms with Crippen LogP contribution in [0.4, 0.5) is 5.69 Å². The van der Waals surface area contributed by atoms with E-state index in [0.29, 0.717) is 10.0 Å². The largest absolute Gasteiger partial charge is 0.354 e. The van der Waals surface area contributed by atoms with Gasteiger partial charge in [-0.05, 0) is 12.1 Å². The van der Waals surface area contributed by atoms with Gasteiger partial charge in [-0.25, -0.2) is 0 Å². The van der Waals surface area contributed by atoms with Crippen LogP contribution in [0.1, 0.15) is 0 Å². The van der Waals surface area contributed by atoms with Crippen LogP contribution in [0.2, 0.25) is 10.0 Å². The molecule has 0 unspecified atom stereocenters. The van der Waals surface area contributed by atoms with Crippen molar-refractivity contribution in [3.63, 3.8) is 0 Å². The van der Waals surface area contributed by atoms with Crippen LogP contribution < -0.4 is 10.2 Å². The Balaban J connectivity index is 2.36. The van der Waals surface area contributed by atoms with Crippen molar-refractivity contribution in [1.29, 1.82) is 0 Å². The minimum Gasteiger partial charge on any atom is -0.354 e. The van der Waals surface area contributed by atoms with Crippen molar-refractivity contribution in [2.45, 2.75) is 0 Å². The summed E-state index contributed by atoms with van der Waals surface area (Å²) in [4.78, 5) is 6.18. The van der Waals surface area contributed by atoms with Crippen LogP contribution in [0, 0.1) is 0 Å². The number of nitrogens with one attached hydrogen (secondary N) is 1. The van der Waals surface area contributed by atoms with Crippen molar-refractivity contribution in [1.82, 2.24) is 5.32 Å². The summed E-state index contributed by atoms with van der Waals surface area (Å²) in [7, 11) is 1.89. The Morgan fingerprint density at radius 3 is 2.53 bits per heavy atom. The van der Waals surface area contributed by atoms with Gasteiger partial charge in [-0.1, -0.05) is 29.3 Å². The summed E-state index contributed by atoms with van der Waals surface area (Å²) in [6, 6.07) is 5.45. The molecule has 0 amide bonds. The molecule has 0 spiro atoms. The predicted molar refractivity (Wildman–Crippen MR) is 65.2 cm³/mol. The van der Waals surface area contributed by atoms with Crippen molar-refractivity contribution >= 4 is 34.8 Å². The van der Waals surface area contributed by atoms with Crippen molar-refractivity contribution in [3.05, 3.63) is 28.2 Å². The number of aliphatic imine (C=N–C) groups is 1. The SMILES string of the molecule is CN(C1=NCCN1)c1c(Cl)cccc1Cl. The Kier molecular flexibility index (Phi) is 3.03. The van der Waals surface area contributed by atoms with Gasteiger partial charge < -0.3 is 10.2 Å². The molecule has 15 heavy (non-hydrogen) atoms. The van der Waals surface area contributed by atoms with Crippen molar-refractivity contribution < 1.29 is 0 Å². The van der Waals surface area contributed by atoms with Crippen LogP contribution >= 0.6 is 23.2 Å². The van der Waals surface area contributed by atoms with Crippen molar-refractivity contribution in [3.8, 4) is 0 Å². The van der Waals surface area contributed by atoms with E-state index < -0.39 is 0 Å².